The molecule has 2 N–H and O–H groups in total. The van der Waals surface area contributed by atoms with Gasteiger partial charge in [-0.1, -0.05) is 33.1 Å². The molecular weight excluding hydrogens is 300 g/mol. The van der Waals surface area contributed by atoms with Gasteiger partial charge >= 0.3 is 0 Å². The van der Waals surface area contributed by atoms with E-state index < -0.39 is 10.0 Å². The van der Waals surface area contributed by atoms with Crippen LogP contribution in [0.15, 0.2) is 29.2 Å². The van der Waals surface area contributed by atoms with Gasteiger partial charge in [0, 0.05) is 19.2 Å². The van der Waals surface area contributed by atoms with Crippen LogP contribution in [0.2, 0.25) is 0 Å². The Morgan fingerprint density at radius 1 is 1.18 bits per heavy atom. The van der Waals surface area contributed by atoms with Gasteiger partial charge in [-0.15, -0.1) is 0 Å². The van der Waals surface area contributed by atoms with Crippen LogP contribution in [0.1, 0.15) is 46.5 Å². The molecule has 1 atom stereocenters. The molecule has 0 spiro atoms. The van der Waals surface area contributed by atoms with E-state index in [0.717, 1.165) is 25.7 Å². The molecule has 0 bridgehead atoms. The molecule has 1 amide bonds. The fraction of sp³-hybridized carbons (Fsp3) is 0.562. The maximum Gasteiger partial charge on any atom is 0.240 e. The first-order valence-electron chi connectivity index (χ1n) is 7.76. The summed E-state index contributed by atoms with van der Waals surface area (Å²) >= 11 is 0. The van der Waals surface area contributed by atoms with Gasteiger partial charge in [-0.05, 0) is 36.6 Å². The van der Waals surface area contributed by atoms with Crippen LogP contribution in [0, 0.1) is 5.92 Å². The standard InChI is InChI=1S/C16H26N2O3S/c1-4-6-7-14(5-2)12-17-22(20,21)16-10-8-15(9-11-16)18-13(3)19/h8-11,14,17H,4-7,12H2,1-3H3,(H,18,19)/t14-/m0/s1. The molecule has 1 aromatic carbocycles. The molecule has 0 heterocycles. The van der Waals surface area contributed by atoms with Gasteiger partial charge < -0.3 is 5.32 Å². The van der Waals surface area contributed by atoms with Crippen molar-refractivity contribution < 1.29 is 13.2 Å². The van der Waals surface area contributed by atoms with Crippen molar-refractivity contribution in [3.8, 4) is 0 Å². The second-order valence-electron chi connectivity index (χ2n) is 5.47. The van der Waals surface area contributed by atoms with Crippen LogP contribution in [-0.4, -0.2) is 20.9 Å². The van der Waals surface area contributed by atoms with E-state index in [9.17, 15) is 13.2 Å². The summed E-state index contributed by atoms with van der Waals surface area (Å²) in [6, 6.07) is 6.18. The molecule has 0 aliphatic carbocycles. The lowest BCUT2D eigenvalue weighted by atomic mass is 10.00. The Morgan fingerprint density at radius 2 is 1.82 bits per heavy atom. The van der Waals surface area contributed by atoms with Gasteiger partial charge in [-0.25, -0.2) is 13.1 Å². The van der Waals surface area contributed by atoms with Crippen molar-refractivity contribution in [3.63, 3.8) is 0 Å². The Bertz CT molecular complexity index is 568. The SMILES string of the molecule is CCCC[C@H](CC)CNS(=O)(=O)c1ccc(NC(C)=O)cc1. The second-order valence-corrected chi connectivity index (χ2v) is 7.24. The van der Waals surface area contributed by atoms with Crippen LogP contribution >= 0.6 is 0 Å². The Morgan fingerprint density at radius 3 is 2.32 bits per heavy atom. The molecule has 1 aromatic rings. The molecular formula is C16H26N2O3S. The lowest BCUT2D eigenvalue weighted by Crippen LogP contribution is -2.29. The Kier molecular flexibility index (Phi) is 7.55. The first-order chi connectivity index (χ1) is 10.4. The van der Waals surface area contributed by atoms with E-state index in [1.165, 1.54) is 19.1 Å². The lowest BCUT2D eigenvalue weighted by molar-refractivity contribution is -0.114. The summed E-state index contributed by atoms with van der Waals surface area (Å²) < 4.78 is 27.2. The minimum Gasteiger partial charge on any atom is -0.326 e. The van der Waals surface area contributed by atoms with E-state index in [4.69, 9.17) is 0 Å². The van der Waals surface area contributed by atoms with Gasteiger partial charge in [0.1, 0.15) is 0 Å². The summed E-state index contributed by atoms with van der Waals surface area (Å²) in [6.45, 7) is 6.09. The van der Waals surface area contributed by atoms with E-state index in [0.29, 0.717) is 18.2 Å². The highest BCUT2D eigenvalue weighted by Gasteiger charge is 2.16. The summed E-state index contributed by atoms with van der Waals surface area (Å²) in [5.74, 6) is 0.184. The number of amides is 1. The summed E-state index contributed by atoms with van der Waals surface area (Å²) in [5, 5.41) is 2.61. The zero-order chi connectivity index (χ0) is 16.6. The molecule has 0 aliphatic rings. The number of carbonyl (C=O) groups is 1. The first-order valence-corrected chi connectivity index (χ1v) is 9.24. The minimum absolute atomic E-state index is 0.185. The summed E-state index contributed by atoms with van der Waals surface area (Å²) in [6.07, 6.45) is 4.24. The third-order valence-electron chi connectivity index (χ3n) is 3.59. The highest BCUT2D eigenvalue weighted by Crippen LogP contribution is 2.16. The van der Waals surface area contributed by atoms with E-state index in [1.807, 2.05) is 0 Å². The van der Waals surface area contributed by atoms with Gasteiger partial charge in [0.2, 0.25) is 15.9 Å². The monoisotopic (exact) mass is 326 g/mol. The zero-order valence-electron chi connectivity index (χ0n) is 13.6. The fourth-order valence-corrected chi connectivity index (χ4v) is 3.29. The number of carbonyl (C=O) groups excluding carboxylic acids is 1. The topological polar surface area (TPSA) is 75.3 Å². The van der Waals surface area contributed by atoms with Crippen LogP contribution in [-0.2, 0) is 14.8 Å². The van der Waals surface area contributed by atoms with Gasteiger partial charge in [0.15, 0.2) is 0 Å². The number of anilines is 1. The van der Waals surface area contributed by atoms with Crippen molar-refractivity contribution in [1.29, 1.82) is 0 Å². The number of unbranched alkanes of at least 4 members (excludes halogenated alkanes) is 1. The van der Waals surface area contributed by atoms with Crippen LogP contribution in [0.5, 0.6) is 0 Å². The van der Waals surface area contributed by atoms with Crippen LogP contribution < -0.4 is 10.0 Å². The molecule has 0 saturated heterocycles. The number of hydrogen-bond donors (Lipinski definition) is 2. The summed E-state index contributed by atoms with van der Waals surface area (Å²) in [5.41, 5.74) is 0.584. The van der Waals surface area contributed by atoms with Crippen molar-refractivity contribution in [2.24, 2.45) is 5.92 Å². The highest BCUT2D eigenvalue weighted by molar-refractivity contribution is 7.89. The maximum atomic E-state index is 12.3. The largest absolute Gasteiger partial charge is 0.326 e. The first kappa shape index (κ1) is 18.6. The molecule has 0 fully saturated rings. The molecule has 0 aromatic heterocycles. The summed E-state index contributed by atoms with van der Waals surface area (Å²) in [4.78, 5) is 11.2. The third-order valence-corrected chi connectivity index (χ3v) is 5.03. The normalized spacial score (nSPS) is 12.9. The van der Waals surface area contributed by atoms with Gasteiger partial charge in [0.05, 0.1) is 4.90 Å². The van der Waals surface area contributed by atoms with Gasteiger partial charge in [-0.2, -0.15) is 0 Å². The number of benzene rings is 1. The minimum atomic E-state index is -3.50. The van der Waals surface area contributed by atoms with Crippen molar-refractivity contribution in [2.45, 2.75) is 51.3 Å². The Hall–Kier alpha value is -1.40. The van der Waals surface area contributed by atoms with Gasteiger partial charge in [0.25, 0.3) is 0 Å². The van der Waals surface area contributed by atoms with E-state index >= 15 is 0 Å². The molecule has 0 unspecified atom stereocenters. The molecule has 22 heavy (non-hydrogen) atoms. The fourth-order valence-electron chi connectivity index (χ4n) is 2.17. The van der Waals surface area contributed by atoms with Crippen LogP contribution in [0.25, 0.3) is 0 Å². The molecule has 6 heteroatoms. The number of rotatable bonds is 9. The highest BCUT2D eigenvalue weighted by atomic mass is 32.2. The Balaban J connectivity index is 2.67. The quantitative estimate of drug-likeness (QED) is 0.732. The average Bonchev–Trinajstić information content (AvgIpc) is 2.47. The van der Waals surface area contributed by atoms with E-state index in [1.54, 1.807) is 12.1 Å². The predicted molar refractivity (Wildman–Crippen MR) is 89.2 cm³/mol. The van der Waals surface area contributed by atoms with Crippen LogP contribution in [0.3, 0.4) is 0 Å². The van der Waals surface area contributed by atoms with Crippen molar-refractivity contribution in [3.05, 3.63) is 24.3 Å². The van der Waals surface area contributed by atoms with Crippen molar-refractivity contribution >= 4 is 21.6 Å². The maximum absolute atomic E-state index is 12.3. The molecule has 5 nitrogen and oxygen atoms in total. The van der Waals surface area contributed by atoms with E-state index in [2.05, 4.69) is 23.9 Å². The number of sulfonamides is 1. The molecule has 0 aliphatic heterocycles. The second kappa shape index (κ2) is 8.90. The molecule has 1 rings (SSSR count). The average molecular weight is 326 g/mol. The van der Waals surface area contributed by atoms with Crippen molar-refractivity contribution in [1.82, 2.24) is 4.72 Å². The number of hydrogen-bond acceptors (Lipinski definition) is 3. The molecule has 0 radical (unpaired) electrons. The van der Waals surface area contributed by atoms with Crippen LogP contribution in [0.4, 0.5) is 5.69 Å². The molecule has 124 valence electrons. The molecule has 0 saturated carbocycles. The smallest absolute Gasteiger partial charge is 0.240 e. The lowest BCUT2D eigenvalue weighted by Gasteiger charge is -2.15. The van der Waals surface area contributed by atoms with Crippen molar-refractivity contribution in [2.75, 3.05) is 11.9 Å². The van der Waals surface area contributed by atoms with E-state index in [-0.39, 0.29) is 10.8 Å². The summed E-state index contributed by atoms with van der Waals surface area (Å²) in [7, 11) is -3.50. The van der Waals surface area contributed by atoms with Gasteiger partial charge in [-0.3, -0.25) is 4.79 Å². The Labute approximate surface area is 133 Å². The predicted octanol–water partition coefficient (Wildman–Crippen LogP) is 3.14. The third kappa shape index (κ3) is 6.15. The number of nitrogens with one attached hydrogen (secondary N) is 2. The zero-order valence-corrected chi connectivity index (χ0v) is 14.4.